The van der Waals surface area contributed by atoms with Crippen molar-refractivity contribution in [2.45, 2.75) is 4.96 Å². The van der Waals surface area contributed by atoms with E-state index in [1.807, 2.05) is 18.2 Å². The molecule has 14 heavy (non-hydrogen) atoms. The Morgan fingerprint density at radius 2 is 2.21 bits per heavy atom. The van der Waals surface area contributed by atoms with E-state index in [0.717, 1.165) is 16.8 Å². The number of fused-ring (bicyclic) bond motifs is 1. The summed E-state index contributed by atoms with van der Waals surface area (Å²) in [5, 5.41) is 0. The molecule has 1 aromatic heterocycles. The lowest BCUT2D eigenvalue weighted by molar-refractivity contribution is 0.415. The number of hydrogen-bond donors (Lipinski definition) is 0. The predicted molar refractivity (Wildman–Crippen MR) is 57.0 cm³/mol. The van der Waals surface area contributed by atoms with Gasteiger partial charge in [0, 0.05) is 6.07 Å². The third kappa shape index (κ3) is 1.53. The molecule has 0 saturated carbocycles. The first-order chi connectivity index (χ1) is 6.72. The zero-order valence-corrected chi connectivity index (χ0v) is 8.96. The highest BCUT2D eigenvalue weighted by molar-refractivity contribution is 6.42. The van der Waals surface area contributed by atoms with Gasteiger partial charge < -0.3 is 4.74 Å². The van der Waals surface area contributed by atoms with Gasteiger partial charge in [-0.15, -0.1) is 0 Å². The van der Waals surface area contributed by atoms with Gasteiger partial charge in [0.05, 0.1) is 24.5 Å². The van der Waals surface area contributed by atoms with Crippen LogP contribution in [0.25, 0.3) is 11.0 Å². The Labute approximate surface area is 91.2 Å². The molecule has 0 bridgehead atoms. The minimum atomic E-state index is -0.632. The summed E-state index contributed by atoms with van der Waals surface area (Å²) in [6.07, 6.45) is 1.61. The van der Waals surface area contributed by atoms with Crippen LogP contribution in [0.15, 0.2) is 24.5 Å². The van der Waals surface area contributed by atoms with Gasteiger partial charge in [-0.3, -0.25) is 4.57 Å². The number of hydrogen-bond acceptors (Lipinski definition) is 2. The van der Waals surface area contributed by atoms with E-state index in [4.69, 9.17) is 27.9 Å². The lowest BCUT2D eigenvalue weighted by atomic mass is 10.3. The van der Waals surface area contributed by atoms with E-state index in [1.54, 1.807) is 18.0 Å². The van der Waals surface area contributed by atoms with Crippen molar-refractivity contribution < 1.29 is 4.74 Å². The van der Waals surface area contributed by atoms with Crippen molar-refractivity contribution in [3.8, 4) is 5.75 Å². The molecule has 0 aliphatic carbocycles. The van der Waals surface area contributed by atoms with Crippen LogP contribution in [0.3, 0.4) is 0 Å². The summed E-state index contributed by atoms with van der Waals surface area (Å²) < 4.78 is 6.77. The topological polar surface area (TPSA) is 27.1 Å². The molecule has 0 N–H and O–H groups in total. The lowest BCUT2D eigenvalue weighted by Crippen LogP contribution is -1.93. The number of methoxy groups -OCH3 is 1. The molecule has 3 nitrogen and oxygen atoms in total. The minimum absolute atomic E-state index is 0.632. The van der Waals surface area contributed by atoms with Gasteiger partial charge in [-0.1, -0.05) is 23.2 Å². The van der Waals surface area contributed by atoms with Crippen molar-refractivity contribution in [2.24, 2.45) is 0 Å². The van der Waals surface area contributed by atoms with Gasteiger partial charge >= 0.3 is 0 Å². The summed E-state index contributed by atoms with van der Waals surface area (Å²) in [6.45, 7) is 0. The van der Waals surface area contributed by atoms with Crippen molar-refractivity contribution in [3.63, 3.8) is 0 Å². The first kappa shape index (κ1) is 9.62. The van der Waals surface area contributed by atoms with Gasteiger partial charge in [0.25, 0.3) is 0 Å². The van der Waals surface area contributed by atoms with E-state index >= 15 is 0 Å². The molecule has 0 radical (unpaired) electrons. The number of benzene rings is 1. The van der Waals surface area contributed by atoms with Crippen LogP contribution in [0, 0.1) is 0 Å². The summed E-state index contributed by atoms with van der Waals surface area (Å²) in [5.74, 6) is 0.758. The van der Waals surface area contributed by atoms with Crippen molar-refractivity contribution in [2.75, 3.05) is 7.11 Å². The standard InChI is InChI=1S/C9H8Cl2N2O/c1-14-6-2-3-7-8(4-6)13(5-12-7)9(10)11/h2-5,9H,1H3. The number of nitrogens with zero attached hydrogens (tertiary/aromatic N) is 2. The van der Waals surface area contributed by atoms with Crippen LogP contribution in [0.2, 0.25) is 0 Å². The molecule has 0 saturated heterocycles. The van der Waals surface area contributed by atoms with Crippen LogP contribution < -0.4 is 4.74 Å². The molecule has 0 amide bonds. The van der Waals surface area contributed by atoms with E-state index in [1.165, 1.54) is 0 Å². The first-order valence-corrected chi connectivity index (χ1v) is 4.88. The fourth-order valence-electron chi connectivity index (χ4n) is 1.29. The summed E-state index contributed by atoms with van der Waals surface area (Å²) in [5.41, 5.74) is 1.71. The van der Waals surface area contributed by atoms with Crippen LogP contribution in [-0.2, 0) is 0 Å². The zero-order valence-electron chi connectivity index (χ0n) is 7.45. The Morgan fingerprint density at radius 3 is 2.86 bits per heavy atom. The molecule has 0 spiro atoms. The second-order valence-electron chi connectivity index (χ2n) is 2.78. The van der Waals surface area contributed by atoms with E-state index in [9.17, 15) is 0 Å². The number of rotatable bonds is 2. The normalized spacial score (nSPS) is 11.1. The summed E-state index contributed by atoms with van der Waals surface area (Å²) >= 11 is 11.5. The molecule has 2 rings (SSSR count). The van der Waals surface area contributed by atoms with Crippen molar-refractivity contribution >= 4 is 34.2 Å². The molecule has 0 fully saturated rings. The maximum atomic E-state index is 5.77. The monoisotopic (exact) mass is 230 g/mol. The fourth-order valence-corrected chi connectivity index (χ4v) is 1.60. The molecule has 5 heteroatoms. The molecular formula is C9H8Cl2N2O. The number of ether oxygens (including phenoxy) is 1. The summed E-state index contributed by atoms with van der Waals surface area (Å²) in [4.78, 5) is 3.52. The maximum absolute atomic E-state index is 5.77. The van der Waals surface area contributed by atoms with Gasteiger partial charge in [-0.25, -0.2) is 4.98 Å². The highest BCUT2D eigenvalue weighted by atomic mass is 35.5. The third-order valence-electron chi connectivity index (χ3n) is 1.99. The predicted octanol–water partition coefficient (Wildman–Crippen LogP) is 2.98. The highest BCUT2D eigenvalue weighted by Gasteiger charge is 2.08. The van der Waals surface area contributed by atoms with E-state index in [0.29, 0.717) is 0 Å². The lowest BCUT2D eigenvalue weighted by Gasteiger charge is -2.04. The minimum Gasteiger partial charge on any atom is -0.497 e. The average molecular weight is 231 g/mol. The molecule has 0 atom stereocenters. The Hall–Kier alpha value is -0.930. The van der Waals surface area contributed by atoms with Crippen LogP contribution in [0.5, 0.6) is 5.75 Å². The molecule has 0 aliphatic rings. The molecule has 2 aromatic rings. The maximum Gasteiger partial charge on any atom is 0.184 e. The number of halogens is 2. The Morgan fingerprint density at radius 1 is 1.43 bits per heavy atom. The third-order valence-corrected chi connectivity index (χ3v) is 2.41. The molecule has 0 aliphatic heterocycles. The second-order valence-corrected chi connectivity index (χ2v) is 3.83. The van der Waals surface area contributed by atoms with Gasteiger partial charge in [-0.2, -0.15) is 0 Å². The Kier molecular flexibility index (Phi) is 2.52. The van der Waals surface area contributed by atoms with Gasteiger partial charge in [-0.05, 0) is 12.1 Å². The molecular weight excluding hydrogens is 223 g/mol. The Balaban J connectivity index is 2.63. The summed E-state index contributed by atoms with van der Waals surface area (Å²) in [6, 6.07) is 5.55. The van der Waals surface area contributed by atoms with E-state index in [2.05, 4.69) is 4.98 Å². The SMILES string of the molecule is COc1ccc2ncn(C(Cl)Cl)c2c1. The van der Waals surface area contributed by atoms with Crippen molar-refractivity contribution in [1.29, 1.82) is 0 Å². The van der Waals surface area contributed by atoms with Gasteiger partial charge in [0.15, 0.2) is 4.96 Å². The number of imidazole rings is 1. The van der Waals surface area contributed by atoms with E-state index < -0.39 is 4.96 Å². The fraction of sp³-hybridized carbons (Fsp3) is 0.222. The van der Waals surface area contributed by atoms with Crippen LogP contribution >= 0.6 is 23.2 Å². The highest BCUT2D eigenvalue weighted by Crippen LogP contribution is 2.26. The number of aromatic nitrogens is 2. The largest absolute Gasteiger partial charge is 0.497 e. The number of alkyl halides is 2. The van der Waals surface area contributed by atoms with Crippen LogP contribution in [-0.4, -0.2) is 16.7 Å². The quantitative estimate of drug-likeness (QED) is 0.743. The molecule has 1 heterocycles. The van der Waals surface area contributed by atoms with Crippen molar-refractivity contribution in [3.05, 3.63) is 24.5 Å². The smallest absolute Gasteiger partial charge is 0.184 e. The molecule has 74 valence electrons. The zero-order chi connectivity index (χ0) is 10.1. The second kappa shape index (κ2) is 3.67. The van der Waals surface area contributed by atoms with Crippen LogP contribution in [0.4, 0.5) is 0 Å². The Bertz CT molecular complexity index is 453. The average Bonchev–Trinajstić information content (AvgIpc) is 2.59. The van der Waals surface area contributed by atoms with E-state index in [-0.39, 0.29) is 0 Å². The van der Waals surface area contributed by atoms with Crippen molar-refractivity contribution in [1.82, 2.24) is 9.55 Å². The first-order valence-electron chi connectivity index (χ1n) is 4.01. The molecule has 1 aromatic carbocycles. The summed E-state index contributed by atoms with van der Waals surface area (Å²) in [7, 11) is 1.61. The molecule has 0 unspecified atom stereocenters. The van der Waals surface area contributed by atoms with Gasteiger partial charge in [0.1, 0.15) is 5.75 Å². The van der Waals surface area contributed by atoms with Gasteiger partial charge in [0.2, 0.25) is 0 Å². The van der Waals surface area contributed by atoms with Crippen LogP contribution in [0.1, 0.15) is 4.96 Å².